The van der Waals surface area contributed by atoms with Crippen LogP contribution >= 0.6 is 0 Å². The molecule has 1 aliphatic carbocycles. The second kappa shape index (κ2) is 9.24. The summed E-state index contributed by atoms with van der Waals surface area (Å²) in [5.74, 6) is 0.245. The summed E-state index contributed by atoms with van der Waals surface area (Å²) < 4.78 is 28.2. The molecule has 150 valence electrons. The molecule has 1 saturated carbocycles. The number of hydrogen-bond donors (Lipinski definition) is 2. The molecule has 3 rings (SSSR count). The van der Waals surface area contributed by atoms with Crippen molar-refractivity contribution in [2.24, 2.45) is 0 Å². The number of rotatable bonds is 7. The molecular weight excluding hydrogens is 372 g/mol. The van der Waals surface area contributed by atoms with Crippen molar-refractivity contribution in [3.8, 4) is 0 Å². The molecule has 1 aliphatic rings. The molecule has 5 nitrogen and oxygen atoms in total. The molecule has 2 N–H and O–H groups in total. The Hall–Kier alpha value is -2.34. The molecule has 0 atom stereocenters. The van der Waals surface area contributed by atoms with Crippen molar-refractivity contribution in [3.63, 3.8) is 0 Å². The third-order valence-electron chi connectivity index (χ3n) is 5.22. The molecule has 2 aromatic rings. The summed E-state index contributed by atoms with van der Waals surface area (Å²) in [7, 11) is -3.77. The summed E-state index contributed by atoms with van der Waals surface area (Å²) >= 11 is 0. The van der Waals surface area contributed by atoms with E-state index >= 15 is 0 Å². The van der Waals surface area contributed by atoms with Crippen molar-refractivity contribution in [1.29, 1.82) is 0 Å². The van der Waals surface area contributed by atoms with E-state index in [0.717, 1.165) is 6.42 Å². The highest BCUT2D eigenvalue weighted by molar-refractivity contribution is 7.92. The Bertz CT molecular complexity index is 902. The normalized spacial score (nSPS) is 15.2. The lowest BCUT2D eigenvalue weighted by Gasteiger charge is -2.22. The SMILES string of the molecule is CCCNC(=O)c1ccccc1NS(=O)(=O)c1ccc(C2CCCCC2)cc1. The lowest BCUT2D eigenvalue weighted by Crippen LogP contribution is -2.25. The van der Waals surface area contributed by atoms with Gasteiger partial charge in [-0.2, -0.15) is 0 Å². The van der Waals surface area contributed by atoms with Crippen LogP contribution in [0.4, 0.5) is 5.69 Å². The third kappa shape index (κ3) is 4.93. The van der Waals surface area contributed by atoms with Crippen LogP contribution in [0.3, 0.4) is 0 Å². The molecule has 0 saturated heterocycles. The topological polar surface area (TPSA) is 75.3 Å². The van der Waals surface area contributed by atoms with Gasteiger partial charge in [-0.05, 0) is 55.0 Å². The summed E-state index contributed by atoms with van der Waals surface area (Å²) in [6.07, 6.45) is 6.92. The molecule has 0 spiro atoms. The number of carbonyl (C=O) groups is 1. The standard InChI is InChI=1S/C22H28N2O3S/c1-2-16-23-22(25)20-10-6-7-11-21(20)24-28(26,27)19-14-12-18(13-15-19)17-8-4-3-5-9-17/h6-7,10-15,17,24H,2-5,8-9,16H2,1H3,(H,23,25). The van der Waals surface area contributed by atoms with Crippen LogP contribution in [-0.4, -0.2) is 20.9 Å². The Balaban J connectivity index is 1.78. The van der Waals surface area contributed by atoms with Gasteiger partial charge >= 0.3 is 0 Å². The van der Waals surface area contributed by atoms with Gasteiger partial charge in [0.25, 0.3) is 15.9 Å². The van der Waals surface area contributed by atoms with Crippen LogP contribution in [0.15, 0.2) is 53.4 Å². The van der Waals surface area contributed by atoms with E-state index in [-0.39, 0.29) is 16.5 Å². The van der Waals surface area contributed by atoms with E-state index in [9.17, 15) is 13.2 Å². The van der Waals surface area contributed by atoms with Gasteiger partial charge in [-0.3, -0.25) is 9.52 Å². The van der Waals surface area contributed by atoms with E-state index in [1.165, 1.54) is 37.7 Å². The molecule has 0 heterocycles. The van der Waals surface area contributed by atoms with E-state index in [2.05, 4.69) is 10.0 Å². The first-order valence-electron chi connectivity index (χ1n) is 10.0. The number of nitrogens with one attached hydrogen (secondary N) is 2. The summed E-state index contributed by atoms with van der Waals surface area (Å²) in [6, 6.07) is 13.8. The Labute approximate surface area is 167 Å². The minimum Gasteiger partial charge on any atom is -0.352 e. The molecule has 0 aliphatic heterocycles. The second-order valence-corrected chi connectivity index (χ2v) is 8.99. The summed E-state index contributed by atoms with van der Waals surface area (Å²) in [6.45, 7) is 2.51. The maximum absolute atomic E-state index is 12.8. The van der Waals surface area contributed by atoms with E-state index < -0.39 is 10.0 Å². The fraction of sp³-hybridized carbons (Fsp3) is 0.409. The fourth-order valence-corrected chi connectivity index (χ4v) is 4.74. The van der Waals surface area contributed by atoms with Crippen LogP contribution in [0.1, 0.15) is 67.3 Å². The van der Waals surface area contributed by atoms with Crippen molar-refractivity contribution in [3.05, 3.63) is 59.7 Å². The van der Waals surface area contributed by atoms with Gasteiger partial charge in [-0.1, -0.05) is 50.5 Å². The van der Waals surface area contributed by atoms with Crippen LogP contribution in [0.5, 0.6) is 0 Å². The molecule has 0 unspecified atom stereocenters. The monoisotopic (exact) mass is 400 g/mol. The Morgan fingerprint density at radius 1 is 1.00 bits per heavy atom. The molecule has 0 radical (unpaired) electrons. The quantitative estimate of drug-likeness (QED) is 0.709. The summed E-state index contributed by atoms with van der Waals surface area (Å²) in [5, 5.41) is 2.78. The predicted octanol–water partition coefficient (Wildman–Crippen LogP) is 4.67. The van der Waals surface area contributed by atoms with E-state index in [4.69, 9.17) is 0 Å². The average Bonchev–Trinajstić information content (AvgIpc) is 2.73. The van der Waals surface area contributed by atoms with Gasteiger partial charge in [0.15, 0.2) is 0 Å². The highest BCUT2D eigenvalue weighted by Gasteiger charge is 2.20. The second-order valence-electron chi connectivity index (χ2n) is 7.31. The smallest absolute Gasteiger partial charge is 0.261 e. The number of para-hydroxylation sites is 1. The highest BCUT2D eigenvalue weighted by atomic mass is 32.2. The van der Waals surface area contributed by atoms with E-state index in [1.807, 2.05) is 19.1 Å². The van der Waals surface area contributed by atoms with Crippen LogP contribution in [0.25, 0.3) is 0 Å². The van der Waals surface area contributed by atoms with Crippen molar-refractivity contribution in [2.45, 2.75) is 56.3 Å². The Morgan fingerprint density at radius 3 is 2.36 bits per heavy atom. The Morgan fingerprint density at radius 2 is 1.68 bits per heavy atom. The minimum absolute atomic E-state index is 0.204. The van der Waals surface area contributed by atoms with Gasteiger partial charge in [0.05, 0.1) is 16.1 Å². The van der Waals surface area contributed by atoms with Gasteiger partial charge in [0.2, 0.25) is 0 Å². The largest absolute Gasteiger partial charge is 0.352 e. The van der Waals surface area contributed by atoms with Crippen molar-refractivity contribution < 1.29 is 13.2 Å². The molecular formula is C22H28N2O3S. The van der Waals surface area contributed by atoms with Gasteiger partial charge in [-0.25, -0.2) is 8.42 Å². The van der Waals surface area contributed by atoms with Crippen LogP contribution in [0.2, 0.25) is 0 Å². The maximum Gasteiger partial charge on any atom is 0.261 e. The maximum atomic E-state index is 12.8. The highest BCUT2D eigenvalue weighted by Crippen LogP contribution is 2.33. The zero-order valence-corrected chi connectivity index (χ0v) is 17.1. The lowest BCUT2D eigenvalue weighted by molar-refractivity contribution is 0.0954. The summed E-state index contributed by atoms with van der Waals surface area (Å²) in [5.41, 5.74) is 1.81. The Kier molecular flexibility index (Phi) is 6.73. The number of benzene rings is 2. The number of anilines is 1. The van der Waals surface area contributed by atoms with Crippen LogP contribution < -0.4 is 10.0 Å². The van der Waals surface area contributed by atoms with Gasteiger partial charge < -0.3 is 5.32 Å². The molecule has 2 aromatic carbocycles. The van der Waals surface area contributed by atoms with Crippen molar-refractivity contribution >= 4 is 21.6 Å². The van der Waals surface area contributed by atoms with Crippen LogP contribution in [-0.2, 0) is 10.0 Å². The third-order valence-corrected chi connectivity index (χ3v) is 6.60. The first kappa shape index (κ1) is 20.4. The average molecular weight is 401 g/mol. The van der Waals surface area contributed by atoms with Crippen LogP contribution in [0, 0.1) is 0 Å². The van der Waals surface area contributed by atoms with Gasteiger partial charge in [-0.15, -0.1) is 0 Å². The number of carbonyl (C=O) groups excluding carboxylic acids is 1. The van der Waals surface area contributed by atoms with Gasteiger partial charge in [0.1, 0.15) is 0 Å². The van der Waals surface area contributed by atoms with E-state index in [0.29, 0.717) is 18.0 Å². The van der Waals surface area contributed by atoms with E-state index in [1.54, 1.807) is 36.4 Å². The zero-order valence-electron chi connectivity index (χ0n) is 16.3. The molecule has 6 heteroatoms. The fourth-order valence-electron chi connectivity index (χ4n) is 3.66. The lowest BCUT2D eigenvalue weighted by atomic mass is 9.84. The minimum atomic E-state index is -3.77. The molecule has 1 fully saturated rings. The van der Waals surface area contributed by atoms with Crippen molar-refractivity contribution in [1.82, 2.24) is 5.32 Å². The predicted molar refractivity (Wildman–Crippen MR) is 112 cm³/mol. The molecule has 28 heavy (non-hydrogen) atoms. The van der Waals surface area contributed by atoms with Gasteiger partial charge in [0, 0.05) is 6.54 Å². The molecule has 1 amide bonds. The van der Waals surface area contributed by atoms with Crippen molar-refractivity contribution in [2.75, 3.05) is 11.3 Å². The number of hydrogen-bond acceptors (Lipinski definition) is 3. The zero-order chi connectivity index (χ0) is 20.0. The molecule has 0 aromatic heterocycles. The molecule has 0 bridgehead atoms. The first-order chi connectivity index (χ1) is 13.5. The summed E-state index contributed by atoms with van der Waals surface area (Å²) in [4.78, 5) is 12.5. The number of amides is 1. The first-order valence-corrected chi connectivity index (χ1v) is 11.5. The number of sulfonamides is 1.